The van der Waals surface area contributed by atoms with Crippen LogP contribution < -0.4 is 10.6 Å². The summed E-state index contributed by atoms with van der Waals surface area (Å²) in [5.74, 6) is -0.242. The van der Waals surface area contributed by atoms with Crippen molar-refractivity contribution in [3.8, 4) is 0 Å². The molecule has 1 aromatic rings. The van der Waals surface area contributed by atoms with E-state index in [0.29, 0.717) is 25.9 Å². The number of halogens is 1. The van der Waals surface area contributed by atoms with Gasteiger partial charge in [0.2, 0.25) is 0 Å². The van der Waals surface area contributed by atoms with Gasteiger partial charge in [0.25, 0.3) is 0 Å². The average Bonchev–Trinajstić information content (AvgIpc) is 2.28. The summed E-state index contributed by atoms with van der Waals surface area (Å²) in [7, 11) is 0. The fraction of sp³-hybridized carbons (Fsp3) is 0.385. The predicted octanol–water partition coefficient (Wildman–Crippen LogP) is 1.65. The zero-order valence-electron chi connectivity index (χ0n) is 10.3. The summed E-state index contributed by atoms with van der Waals surface area (Å²) in [4.78, 5) is 21.9. The third kappa shape index (κ3) is 5.98. The summed E-state index contributed by atoms with van der Waals surface area (Å²) in [6.07, 6.45) is 0.898. The van der Waals surface area contributed by atoms with E-state index in [4.69, 9.17) is 0 Å². The Bertz CT molecular complexity index is 421. The Morgan fingerprint density at radius 1 is 1.22 bits per heavy atom. The van der Waals surface area contributed by atoms with E-state index in [2.05, 4.69) is 10.6 Å². The zero-order chi connectivity index (χ0) is 13.4. The Labute approximate surface area is 106 Å². The van der Waals surface area contributed by atoms with Gasteiger partial charge < -0.3 is 10.6 Å². The monoisotopic (exact) mass is 252 g/mol. The van der Waals surface area contributed by atoms with Crippen LogP contribution in [0.5, 0.6) is 0 Å². The van der Waals surface area contributed by atoms with Gasteiger partial charge >= 0.3 is 6.03 Å². The van der Waals surface area contributed by atoms with Crippen molar-refractivity contribution in [2.45, 2.75) is 19.8 Å². The molecule has 0 aliphatic heterocycles. The standard InChI is InChI=1S/C13H17FN2O2/c1-10(17)5-7-15-13(18)16-8-6-11-3-2-4-12(14)9-11/h2-4,9H,5-8H2,1H3,(H2,15,16,18). The Kier molecular flexibility index (Phi) is 5.84. The van der Waals surface area contributed by atoms with E-state index in [1.807, 2.05) is 0 Å². The van der Waals surface area contributed by atoms with E-state index in [1.54, 1.807) is 12.1 Å². The quantitative estimate of drug-likeness (QED) is 0.808. The van der Waals surface area contributed by atoms with Crippen molar-refractivity contribution in [2.24, 2.45) is 0 Å². The van der Waals surface area contributed by atoms with Crippen molar-refractivity contribution >= 4 is 11.8 Å². The summed E-state index contributed by atoms with van der Waals surface area (Å²) in [6, 6.07) is 5.95. The van der Waals surface area contributed by atoms with Gasteiger partial charge in [-0.1, -0.05) is 12.1 Å². The first-order chi connectivity index (χ1) is 8.58. The van der Waals surface area contributed by atoms with Crippen LogP contribution in [0.1, 0.15) is 18.9 Å². The lowest BCUT2D eigenvalue weighted by molar-refractivity contribution is -0.116. The molecule has 1 aromatic carbocycles. The van der Waals surface area contributed by atoms with E-state index in [0.717, 1.165) is 5.56 Å². The Morgan fingerprint density at radius 3 is 2.61 bits per heavy atom. The van der Waals surface area contributed by atoms with Gasteiger partial charge in [0, 0.05) is 19.5 Å². The molecular formula is C13H17FN2O2. The van der Waals surface area contributed by atoms with E-state index in [1.165, 1.54) is 19.1 Å². The normalized spacial score (nSPS) is 9.89. The Hall–Kier alpha value is -1.91. The molecule has 0 spiro atoms. The number of hydrogen-bond acceptors (Lipinski definition) is 2. The zero-order valence-corrected chi connectivity index (χ0v) is 10.3. The molecule has 0 aromatic heterocycles. The van der Waals surface area contributed by atoms with Crippen LogP contribution in [-0.4, -0.2) is 24.9 Å². The summed E-state index contributed by atoms with van der Waals surface area (Å²) in [5.41, 5.74) is 0.832. The highest BCUT2D eigenvalue weighted by Crippen LogP contribution is 2.03. The largest absolute Gasteiger partial charge is 0.338 e. The van der Waals surface area contributed by atoms with Crippen LogP contribution in [0.25, 0.3) is 0 Å². The number of benzene rings is 1. The molecule has 0 aliphatic carbocycles. The van der Waals surface area contributed by atoms with E-state index >= 15 is 0 Å². The molecule has 0 aliphatic rings. The van der Waals surface area contributed by atoms with Crippen molar-refractivity contribution in [3.05, 3.63) is 35.6 Å². The highest BCUT2D eigenvalue weighted by molar-refractivity contribution is 5.77. The molecular weight excluding hydrogens is 235 g/mol. The van der Waals surface area contributed by atoms with Crippen LogP contribution in [0, 0.1) is 5.82 Å². The maximum Gasteiger partial charge on any atom is 0.314 e. The third-order valence-electron chi connectivity index (χ3n) is 2.35. The molecule has 18 heavy (non-hydrogen) atoms. The van der Waals surface area contributed by atoms with Crippen LogP contribution in [0.3, 0.4) is 0 Å². The summed E-state index contributed by atoms with van der Waals surface area (Å²) >= 11 is 0. The van der Waals surface area contributed by atoms with E-state index < -0.39 is 0 Å². The molecule has 0 atom stereocenters. The maximum atomic E-state index is 12.9. The number of ketones is 1. The summed E-state index contributed by atoms with van der Waals surface area (Å²) < 4.78 is 12.9. The molecule has 5 heteroatoms. The molecule has 2 N–H and O–H groups in total. The van der Waals surface area contributed by atoms with Crippen LogP contribution in [0.4, 0.5) is 9.18 Å². The third-order valence-corrected chi connectivity index (χ3v) is 2.35. The molecule has 0 heterocycles. The molecule has 98 valence electrons. The Balaban J connectivity index is 2.17. The number of Topliss-reactive ketones (excluding diaryl/α,β-unsaturated/α-hetero) is 1. The highest BCUT2D eigenvalue weighted by atomic mass is 19.1. The molecule has 1 rings (SSSR count). The number of urea groups is 1. The SMILES string of the molecule is CC(=O)CCNC(=O)NCCc1cccc(F)c1. The molecule has 0 bridgehead atoms. The van der Waals surface area contributed by atoms with Crippen LogP contribution in [0.15, 0.2) is 24.3 Å². The lowest BCUT2D eigenvalue weighted by Crippen LogP contribution is -2.37. The topological polar surface area (TPSA) is 58.2 Å². The van der Waals surface area contributed by atoms with Crippen molar-refractivity contribution in [2.75, 3.05) is 13.1 Å². The van der Waals surface area contributed by atoms with Gasteiger partial charge in [-0.05, 0) is 31.0 Å². The van der Waals surface area contributed by atoms with Gasteiger partial charge in [-0.25, -0.2) is 9.18 Å². The van der Waals surface area contributed by atoms with Crippen molar-refractivity contribution in [1.82, 2.24) is 10.6 Å². The van der Waals surface area contributed by atoms with Gasteiger partial charge in [-0.15, -0.1) is 0 Å². The van der Waals surface area contributed by atoms with Crippen LogP contribution in [0.2, 0.25) is 0 Å². The first-order valence-corrected chi connectivity index (χ1v) is 5.83. The number of carbonyl (C=O) groups excluding carboxylic acids is 2. The molecule has 0 fully saturated rings. The smallest absolute Gasteiger partial charge is 0.314 e. The molecule has 0 saturated heterocycles. The lowest BCUT2D eigenvalue weighted by Gasteiger charge is -2.06. The average molecular weight is 252 g/mol. The van der Waals surface area contributed by atoms with E-state index in [9.17, 15) is 14.0 Å². The first kappa shape index (κ1) is 14.2. The number of rotatable bonds is 6. The minimum atomic E-state index is -0.312. The molecule has 0 saturated carbocycles. The van der Waals surface area contributed by atoms with Crippen molar-refractivity contribution in [1.29, 1.82) is 0 Å². The van der Waals surface area contributed by atoms with Crippen LogP contribution >= 0.6 is 0 Å². The molecule has 4 nitrogen and oxygen atoms in total. The van der Waals surface area contributed by atoms with Gasteiger partial charge in [0.05, 0.1) is 0 Å². The molecule has 0 unspecified atom stereocenters. The summed E-state index contributed by atoms with van der Waals surface area (Å²) in [6.45, 7) is 2.24. The second kappa shape index (κ2) is 7.42. The van der Waals surface area contributed by atoms with Gasteiger partial charge in [-0.3, -0.25) is 4.79 Å². The fourth-order valence-corrected chi connectivity index (χ4v) is 1.43. The fourth-order valence-electron chi connectivity index (χ4n) is 1.43. The first-order valence-electron chi connectivity index (χ1n) is 5.83. The predicted molar refractivity (Wildman–Crippen MR) is 66.8 cm³/mol. The number of nitrogens with one attached hydrogen (secondary N) is 2. The number of hydrogen-bond donors (Lipinski definition) is 2. The minimum absolute atomic E-state index is 0.0371. The van der Waals surface area contributed by atoms with Crippen molar-refractivity contribution in [3.63, 3.8) is 0 Å². The maximum absolute atomic E-state index is 12.9. The minimum Gasteiger partial charge on any atom is -0.338 e. The lowest BCUT2D eigenvalue weighted by atomic mass is 10.1. The molecule has 2 amide bonds. The van der Waals surface area contributed by atoms with E-state index in [-0.39, 0.29) is 17.6 Å². The summed E-state index contributed by atoms with van der Waals surface area (Å²) in [5, 5.41) is 5.21. The number of carbonyl (C=O) groups is 2. The molecule has 0 radical (unpaired) electrons. The number of amides is 2. The highest BCUT2D eigenvalue weighted by Gasteiger charge is 2.01. The van der Waals surface area contributed by atoms with Gasteiger partial charge in [0.1, 0.15) is 11.6 Å². The van der Waals surface area contributed by atoms with Crippen LogP contribution in [-0.2, 0) is 11.2 Å². The van der Waals surface area contributed by atoms with Gasteiger partial charge in [-0.2, -0.15) is 0 Å². The van der Waals surface area contributed by atoms with Gasteiger partial charge in [0.15, 0.2) is 0 Å². The second-order valence-corrected chi connectivity index (χ2v) is 4.01. The second-order valence-electron chi connectivity index (χ2n) is 4.01. The van der Waals surface area contributed by atoms with Crippen molar-refractivity contribution < 1.29 is 14.0 Å². The Morgan fingerprint density at radius 2 is 1.94 bits per heavy atom.